The Morgan fingerprint density at radius 2 is 2.31 bits per heavy atom. The maximum absolute atomic E-state index is 13.3. The Hall–Kier alpha value is -1.99. The third-order valence-corrected chi connectivity index (χ3v) is 4.49. The molecule has 2 aromatic rings. The second-order valence-electron chi connectivity index (χ2n) is 6.47. The highest BCUT2D eigenvalue weighted by Gasteiger charge is 2.15. The first-order chi connectivity index (χ1) is 12.1. The van der Waals surface area contributed by atoms with Gasteiger partial charge in [0.25, 0.3) is 0 Å². The number of aryl methyl sites for hydroxylation is 2. The van der Waals surface area contributed by atoms with E-state index in [1.807, 2.05) is 0 Å². The summed E-state index contributed by atoms with van der Waals surface area (Å²) in [5, 5.41) is 10.2. The van der Waals surface area contributed by atoms with Crippen LogP contribution >= 0.6 is 12.4 Å². The molecular formula is C18H24ClFN4O2. The van der Waals surface area contributed by atoms with E-state index in [0.717, 1.165) is 19.5 Å². The van der Waals surface area contributed by atoms with Gasteiger partial charge in [0, 0.05) is 24.9 Å². The number of amides is 1. The van der Waals surface area contributed by atoms with Crippen molar-refractivity contribution in [2.45, 2.75) is 32.6 Å². The fraction of sp³-hybridized carbons (Fsp3) is 0.500. The Balaban J connectivity index is 0.00000243. The second-order valence-corrected chi connectivity index (χ2v) is 6.47. The van der Waals surface area contributed by atoms with Gasteiger partial charge < -0.3 is 15.2 Å². The maximum atomic E-state index is 13.3. The van der Waals surface area contributed by atoms with Crippen molar-refractivity contribution in [3.8, 4) is 11.4 Å². The summed E-state index contributed by atoms with van der Waals surface area (Å²) in [6, 6.07) is 4.67. The monoisotopic (exact) mass is 382 g/mol. The molecule has 142 valence electrons. The Bertz CT molecular complexity index is 732. The van der Waals surface area contributed by atoms with Gasteiger partial charge in [0.05, 0.1) is 0 Å². The van der Waals surface area contributed by atoms with Crippen molar-refractivity contribution in [1.29, 1.82) is 0 Å². The molecular weight excluding hydrogens is 359 g/mol. The molecule has 1 amide bonds. The Morgan fingerprint density at radius 3 is 3.04 bits per heavy atom. The van der Waals surface area contributed by atoms with Crippen LogP contribution in [0.25, 0.3) is 11.4 Å². The molecule has 1 aromatic carbocycles. The van der Waals surface area contributed by atoms with Gasteiger partial charge in [-0.2, -0.15) is 4.98 Å². The number of benzene rings is 1. The van der Waals surface area contributed by atoms with Crippen LogP contribution in [0.3, 0.4) is 0 Å². The summed E-state index contributed by atoms with van der Waals surface area (Å²) in [7, 11) is 0. The molecule has 1 aromatic heterocycles. The van der Waals surface area contributed by atoms with Gasteiger partial charge in [-0.3, -0.25) is 4.79 Å². The minimum atomic E-state index is -0.266. The average Bonchev–Trinajstić information content (AvgIpc) is 3.27. The predicted octanol–water partition coefficient (Wildman–Crippen LogP) is 2.65. The summed E-state index contributed by atoms with van der Waals surface area (Å²) in [6.07, 6.45) is 2.90. The predicted molar refractivity (Wildman–Crippen MR) is 98.6 cm³/mol. The Kier molecular flexibility index (Phi) is 7.53. The van der Waals surface area contributed by atoms with Crippen LogP contribution in [0.4, 0.5) is 4.39 Å². The topological polar surface area (TPSA) is 80.0 Å². The van der Waals surface area contributed by atoms with Crippen LogP contribution in [0, 0.1) is 18.7 Å². The Labute approximate surface area is 158 Å². The average molecular weight is 383 g/mol. The summed E-state index contributed by atoms with van der Waals surface area (Å²) in [5.41, 5.74) is 1.23. The van der Waals surface area contributed by atoms with Gasteiger partial charge in [-0.05, 0) is 62.5 Å². The lowest BCUT2D eigenvalue weighted by molar-refractivity contribution is -0.121. The van der Waals surface area contributed by atoms with Crippen LogP contribution in [0.1, 0.15) is 30.7 Å². The highest BCUT2D eigenvalue weighted by atomic mass is 35.5. The molecule has 1 aliphatic rings. The van der Waals surface area contributed by atoms with Crippen LogP contribution in [0.5, 0.6) is 0 Å². The lowest BCUT2D eigenvalue weighted by Crippen LogP contribution is -2.26. The van der Waals surface area contributed by atoms with E-state index in [1.165, 1.54) is 12.5 Å². The van der Waals surface area contributed by atoms with Crippen molar-refractivity contribution in [2.24, 2.45) is 5.92 Å². The Morgan fingerprint density at radius 1 is 1.46 bits per heavy atom. The third-order valence-electron chi connectivity index (χ3n) is 4.49. The van der Waals surface area contributed by atoms with E-state index in [0.29, 0.717) is 48.1 Å². The fourth-order valence-electron chi connectivity index (χ4n) is 2.94. The lowest BCUT2D eigenvalue weighted by atomic mass is 10.1. The molecule has 0 bridgehead atoms. The first kappa shape index (κ1) is 20.3. The quantitative estimate of drug-likeness (QED) is 0.769. The largest absolute Gasteiger partial charge is 0.356 e. The molecule has 1 unspecified atom stereocenters. The molecule has 6 nitrogen and oxygen atoms in total. The first-order valence-corrected chi connectivity index (χ1v) is 8.68. The van der Waals surface area contributed by atoms with Crippen molar-refractivity contribution >= 4 is 18.3 Å². The number of hydrogen-bond acceptors (Lipinski definition) is 5. The van der Waals surface area contributed by atoms with E-state index in [9.17, 15) is 9.18 Å². The van der Waals surface area contributed by atoms with Gasteiger partial charge in [0.15, 0.2) is 0 Å². The molecule has 2 heterocycles. The summed E-state index contributed by atoms with van der Waals surface area (Å²) < 4.78 is 18.5. The zero-order chi connectivity index (χ0) is 17.6. The van der Waals surface area contributed by atoms with Gasteiger partial charge in [-0.1, -0.05) is 5.16 Å². The second kappa shape index (κ2) is 9.64. The van der Waals surface area contributed by atoms with Crippen LogP contribution in [-0.2, 0) is 11.2 Å². The van der Waals surface area contributed by atoms with Crippen LogP contribution in [-0.4, -0.2) is 35.7 Å². The van der Waals surface area contributed by atoms with E-state index in [4.69, 9.17) is 4.52 Å². The minimum Gasteiger partial charge on any atom is -0.356 e. The fourth-order valence-corrected chi connectivity index (χ4v) is 2.94. The molecule has 3 rings (SSSR count). The molecule has 2 N–H and O–H groups in total. The van der Waals surface area contributed by atoms with E-state index >= 15 is 0 Å². The van der Waals surface area contributed by atoms with E-state index in [2.05, 4.69) is 20.8 Å². The number of nitrogens with zero attached hydrogens (tertiary/aromatic N) is 2. The molecule has 0 spiro atoms. The smallest absolute Gasteiger partial charge is 0.227 e. The lowest BCUT2D eigenvalue weighted by Gasteiger charge is -2.08. The molecule has 0 aliphatic carbocycles. The van der Waals surface area contributed by atoms with Gasteiger partial charge >= 0.3 is 0 Å². The number of hydrogen-bond donors (Lipinski definition) is 2. The summed E-state index contributed by atoms with van der Waals surface area (Å²) in [6.45, 7) is 4.51. The highest BCUT2D eigenvalue weighted by molar-refractivity contribution is 5.85. The van der Waals surface area contributed by atoms with Gasteiger partial charge in [0.2, 0.25) is 17.6 Å². The van der Waals surface area contributed by atoms with Gasteiger partial charge in [0.1, 0.15) is 5.82 Å². The minimum absolute atomic E-state index is 0. The van der Waals surface area contributed by atoms with Crippen molar-refractivity contribution < 1.29 is 13.7 Å². The molecule has 26 heavy (non-hydrogen) atoms. The normalized spacial score (nSPS) is 16.3. The molecule has 0 radical (unpaired) electrons. The number of nitrogens with one attached hydrogen (secondary N) is 2. The standard InChI is InChI=1S/C18H23FN4O2.ClH/c1-12-10-14(2-3-15(12)19)18-22-17(25-23-18)5-4-16(24)21-9-7-13-6-8-20-11-13;/h2-3,10,13,20H,4-9,11H2,1H3,(H,21,24);1H. The molecule has 8 heteroatoms. The summed E-state index contributed by atoms with van der Waals surface area (Å²) in [5.74, 6) is 1.21. The number of halogens is 2. The van der Waals surface area contributed by atoms with Crippen LogP contribution in [0.15, 0.2) is 22.7 Å². The van der Waals surface area contributed by atoms with E-state index in [1.54, 1.807) is 19.1 Å². The first-order valence-electron chi connectivity index (χ1n) is 8.68. The molecule has 1 atom stereocenters. The van der Waals surface area contributed by atoms with Crippen molar-refractivity contribution in [2.75, 3.05) is 19.6 Å². The van der Waals surface area contributed by atoms with Crippen molar-refractivity contribution in [1.82, 2.24) is 20.8 Å². The molecule has 1 aliphatic heterocycles. The number of aromatic nitrogens is 2. The van der Waals surface area contributed by atoms with E-state index < -0.39 is 0 Å². The maximum Gasteiger partial charge on any atom is 0.227 e. The zero-order valence-electron chi connectivity index (χ0n) is 14.8. The molecule has 1 fully saturated rings. The zero-order valence-corrected chi connectivity index (χ0v) is 15.6. The number of rotatable bonds is 7. The third kappa shape index (κ3) is 5.51. The van der Waals surface area contributed by atoms with Crippen LogP contribution in [0.2, 0.25) is 0 Å². The molecule has 0 saturated carbocycles. The van der Waals surface area contributed by atoms with Crippen molar-refractivity contribution in [3.05, 3.63) is 35.5 Å². The van der Waals surface area contributed by atoms with E-state index in [-0.39, 0.29) is 24.1 Å². The SMILES string of the molecule is Cc1cc(-c2noc(CCC(=O)NCCC3CCNC3)n2)ccc1F.Cl. The number of carbonyl (C=O) groups is 1. The van der Waals surface area contributed by atoms with Gasteiger partial charge in [-0.15, -0.1) is 12.4 Å². The van der Waals surface area contributed by atoms with Crippen molar-refractivity contribution in [3.63, 3.8) is 0 Å². The van der Waals surface area contributed by atoms with Crippen LogP contribution < -0.4 is 10.6 Å². The molecule has 1 saturated heterocycles. The highest BCUT2D eigenvalue weighted by Crippen LogP contribution is 2.19. The number of carbonyl (C=O) groups excluding carboxylic acids is 1. The van der Waals surface area contributed by atoms with Gasteiger partial charge in [-0.25, -0.2) is 4.39 Å². The summed E-state index contributed by atoms with van der Waals surface area (Å²) >= 11 is 0. The summed E-state index contributed by atoms with van der Waals surface area (Å²) in [4.78, 5) is 16.2.